The monoisotopic (exact) mass is 584 g/mol. The van der Waals surface area contributed by atoms with Crippen molar-refractivity contribution in [3.8, 4) is 0 Å². The SMILES string of the molecule is CCC(Nc1ncnc2[nH]cnc12)c1nc2cccc(CI)c2c(=O)n1N(C)c1ccc(F)cc1. The fourth-order valence-corrected chi connectivity index (χ4v) is 4.73. The van der Waals surface area contributed by atoms with E-state index in [1.165, 1.54) is 18.5 Å². The van der Waals surface area contributed by atoms with Gasteiger partial charge in [-0.05, 0) is 42.3 Å². The van der Waals surface area contributed by atoms with E-state index in [-0.39, 0.29) is 17.4 Å². The Hall–Kier alpha value is -3.61. The maximum atomic E-state index is 14.0. The third-order valence-electron chi connectivity index (χ3n) is 5.88. The zero-order valence-corrected chi connectivity index (χ0v) is 21.2. The molecular formula is C24H22FIN8O. The van der Waals surface area contributed by atoms with Crippen LogP contribution in [0.1, 0.15) is 30.8 Å². The van der Waals surface area contributed by atoms with Gasteiger partial charge in [0.1, 0.15) is 17.7 Å². The van der Waals surface area contributed by atoms with Crippen LogP contribution in [0, 0.1) is 5.82 Å². The average molecular weight is 584 g/mol. The Morgan fingerprint density at radius 3 is 2.71 bits per heavy atom. The third kappa shape index (κ3) is 4.20. The first kappa shape index (κ1) is 23.1. The van der Waals surface area contributed by atoms with Crippen molar-refractivity contribution in [3.05, 3.63) is 82.7 Å². The molecule has 3 heterocycles. The molecule has 0 bridgehead atoms. The summed E-state index contributed by atoms with van der Waals surface area (Å²) in [6.45, 7) is 2.00. The van der Waals surface area contributed by atoms with Gasteiger partial charge in [0.25, 0.3) is 5.56 Å². The Morgan fingerprint density at radius 2 is 1.97 bits per heavy atom. The smallest absolute Gasteiger partial charge is 0.280 e. The maximum absolute atomic E-state index is 14.0. The number of halogens is 2. The molecule has 9 nitrogen and oxygen atoms in total. The van der Waals surface area contributed by atoms with Gasteiger partial charge in [-0.1, -0.05) is 41.6 Å². The summed E-state index contributed by atoms with van der Waals surface area (Å²) >= 11 is 2.25. The van der Waals surface area contributed by atoms with Crippen LogP contribution in [-0.2, 0) is 4.43 Å². The lowest BCUT2D eigenvalue weighted by Gasteiger charge is -2.28. The van der Waals surface area contributed by atoms with Crippen LogP contribution >= 0.6 is 22.6 Å². The number of rotatable bonds is 7. The van der Waals surface area contributed by atoms with E-state index in [4.69, 9.17) is 4.98 Å². The second-order valence-electron chi connectivity index (χ2n) is 7.96. The average Bonchev–Trinajstić information content (AvgIpc) is 3.36. The molecule has 0 saturated carbocycles. The number of imidazole rings is 1. The normalized spacial score (nSPS) is 12.2. The second-order valence-corrected chi connectivity index (χ2v) is 8.72. The Bertz CT molecular complexity index is 1570. The number of hydrogen-bond acceptors (Lipinski definition) is 7. The zero-order chi connectivity index (χ0) is 24.5. The Kier molecular flexibility index (Phi) is 6.32. The number of anilines is 2. The van der Waals surface area contributed by atoms with Crippen LogP contribution in [0.3, 0.4) is 0 Å². The number of nitrogens with one attached hydrogen (secondary N) is 2. The second kappa shape index (κ2) is 9.56. The summed E-state index contributed by atoms with van der Waals surface area (Å²) in [4.78, 5) is 34.8. The van der Waals surface area contributed by atoms with E-state index in [1.54, 1.807) is 35.2 Å². The van der Waals surface area contributed by atoms with Crippen molar-refractivity contribution in [1.29, 1.82) is 0 Å². The maximum Gasteiger partial charge on any atom is 0.280 e. The molecule has 0 saturated heterocycles. The number of H-pyrrole nitrogens is 1. The molecule has 0 aliphatic carbocycles. The van der Waals surface area contributed by atoms with Gasteiger partial charge in [0.15, 0.2) is 17.3 Å². The molecule has 35 heavy (non-hydrogen) atoms. The highest BCUT2D eigenvalue weighted by atomic mass is 127. The Morgan fingerprint density at radius 1 is 1.17 bits per heavy atom. The molecule has 5 aromatic rings. The van der Waals surface area contributed by atoms with Crippen molar-refractivity contribution in [2.45, 2.75) is 23.8 Å². The van der Waals surface area contributed by atoms with Gasteiger partial charge < -0.3 is 10.3 Å². The van der Waals surface area contributed by atoms with E-state index < -0.39 is 0 Å². The Balaban J connectivity index is 1.72. The van der Waals surface area contributed by atoms with Crippen LogP contribution < -0.4 is 15.9 Å². The fraction of sp³-hybridized carbons (Fsp3) is 0.208. The predicted molar refractivity (Wildman–Crippen MR) is 142 cm³/mol. The molecule has 2 aromatic carbocycles. The van der Waals surface area contributed by atoms with Crippen molar-refractivity contribution in [2.75, 3.05) is 17.4 Å². The molecule has 3 aromatic heterocycles. The van der Waals surface area contributed by atoms with E-state index in [1.807, 2.05) is 25.1 Å². The molecule has 1 atom stereocenters. The van der Waals surface area contributed by atoms with Gasteiger partial charge in [-0.25, -0.2) is 29.0 Å². The van der Waals surface area contributed by atoms with E-state index in [0.29, 0.717) is 50.2 Å². The molecule has 0 fully saturated rings. The fourth-order valence-electron chi connectivity index (χ4n) is 4.09. The lowest BCUT2D eigenvalue weighted by Crippen LogP contribution is -2.40. The third-order valence-corrected chi connectivity index (χ3v) is 6.70. The van der Waals surface area contributed by atoms with E-state index in [0.717, 1.165) is 5.56 Å². The topological polar surface area (TPSA) is 105 Å². The summed E-state index contributed by atoms with van der Waals surface area (Å²) in [6, 6.07) is 11.3. The van der Waals surface area contributed by atoms with Crippen LogP contribution in [0.2, 0.25) is 0 Å². The molecule has 178 valence electrons. The highest BCUT2D eigenvalue weighted by molar-refractivity contribution is 14.1. The van der Waals surface area contributed by atoms with Gasteiger partial charge >= 0.3 is 0 Å². The lowest BCUT2D eigenvalue weighted by atomic mass is 10.1. The van der Waals surface area contributed by atoms with Crippen LogP contribution in [0.4, 0.5) is 15.9 Å². The van der Waals surface area contributed by atoms with E-state index in [9.17, 15) is 9.18 Å². The molecule has 0 aliphatic rings. The molecule has 0 amide bonds. The van der Waals surface area contributed by atoms with Crippen molar-refractivity contribution in [1.82, 2.24) is 29.6 Å². The van der Waals surface area contributed by atoms with Crippen molar-refractivity contribution >= 4 is 56.2 Å². The van der Waals surface area contributed by atoms with Gasteiger partial charge in [-0.3, -0.25) is 9.80 Å². The molecule has 1 unspecified atom stereocenters. The molecule has 0 radical (unpaired) electrons. The van der Waals surface area contributed by atoms with Crippen LogP contribution in [0.25, 0.3) is 22.1 Å². The number of hydrogen-bond donors (Lipinski definition) is 2. The quantitative estimate of drug-likeness (QED) is 0.213. The number of fused-ring (bicyclic) bond motifs is 2. The van der Waals surface area contributed by atoms with Gasteiger partial charge in [-0.2, -0.15) is 0 Å². The molecule has 0 aliphatic heterocycles. The predicted octanol–water partition coefficient (Wildman–Crippen LogP) is 4.60. The minimum Gasteiger partial charge on any atom is -0.358 e. The van der Waals surface area contributed by atoms with Gasteiger partial charge in [0, 0.05) is 11.5 Å². The lowest BCUT2D eigenvalue weighted by molar-refractivity contribution is 0.593. The summed E-state index contributed by atoms with van der Waals surface area (Å²) in [6.07, 6.45) is 3.62. The first-order chi connectivity index (χ1) is 17.0. The molecule has 11 heteroatoms. The Labute approximate surface area is 213 Å². The number of benzene rings is 2. The first-order valence-corrected chi connectivity index (χ1v) is 12.5. The summed E-state index contributed by atoms with van der Waals surface area (Å²) in [5, 5.41) is 5.66. The largest absolute Gasteiger partial charge is 0.358 e. The van der Waals surface area contributed by atoms with Gasteiger partial charge in [0.2, 0.25) is 0 Å². The molecule has 5 rings (SSSR count). The van der Waals surface area contributed by atoms with E-state index >= 15 is 0 Å². The first-order valence-electron chi connectivity index (χ1n) is 11.0. The minimum atomic E-state index is -0.381. The summed E-state index contributed by atoms with van der Waals surface area (Å²) in [5.41, 5.74) is 3.18. The number of nitrogens with zero attached hydrogens (tertiary/aromatic N) is 6. The highest BCUT2D eigenvalue weighted by Crippen LogP contribution is 2.27. The van der Waals surface area contributed by atoms with Crippen molar-refractivity contribution < 1.29 is 4.39 Å². The van der Waals surface area contributed by atoms with Gasteiger partial charge in [0.05, 0.1) is 29.0 Å². The molecule has 0 spiro atoms. The standard InChI is InChI=1S/C24H22FIN8O/c1-3-17(31-22-20-21(28-12-27-20)29-13-30-22)23-32-18-6-4-5-14(11-26)19(18)24(35)34(23)33(2)16-9-7-15(25)8-10-16/h4-10,12-13,17H,3,11H2,1-2H3,(H2,27,28,29,30,31). The van der Waals surface area contributed by atoms with E-state index in [2.05, 4.69) is 47.8 Å². The summed E-state index contributed by atoms with van der Waals surface area (Å²) in [7, 11) is 1.77. The molecule has 2 N–H and O–H groups in total. The van der Waals surface area contributed by atoms with Crippen LogP contribution in [-0.4, -0.2) is 36.6 Å². The van der Waals surface area contributed by atoms with Gasteiger partial charge in [-0.15, -0.1) is 0 Å². The minimum absolute atomic E-state index is 0.197. The number of aromatic nitrogens is 6. The zero-order valence-electron chi connectivity index (χ0n) is 19.0. The molecular weight excluding hydrogens is 562 g/mol. The number of aromatic amines is 1. The number of alkyl halides is 1. The van der Waals surface area contributed by atoms with Crippen LogP contribution in [0.15, 0.2) is 59.9 Å². The summed E-state index contributed by atoms with van der Waals surface area (Å²) < 4.78 is 15.8. The van der Waals surface area contributed by atoms with Crippen molar-refractivity contribution in [2.24, 2.45) is 0 Å². The summed E-state index contributed by atoms with van der Waals surface area (Å²) in [5.74, 6) is 0.692. The van der Waals surface area contributed by atoms with Crippen molar-refractivity contribution in [3.63, 3.8) is 0 Å². The highest BCUT2D eigenvalue weighted by Gasteiger charge is 2.24. The van der Waals surface area contributed by atoms with Crippen LogP contribution in [0.5, 0.6) is 0 Å².